The summed E-state index contributed by atoms with van der Waals surface area (Å²) in [7, 11) is 0. The summed E-state index contributed by atoms with van der Waals surface area (Å²) in [6.45, 7) is 0. The van der Waals surface area contributed by atoms with Crippen molar-refractivity contribution in [2.24, 2.45) is 5.73 Å². The Bertz CT molecular complexity index is 218. The van der Waals surface area contributed by atoms with Crippen molar-refractivity contribution in [3.63, 3.8) is 0 Å². The zero-order chi connectivity index (χ0) is 10.2. The van der Waals surface area contributed by atoms with E-state index in [2.05, 4.69) is 12.6 Å². The van der Waals surface area contributed by atoms with E-state index in [0.29, 0.717) is 0 Å². The Labute approximate surface area is 101 Å². The molecule has 86 valence electrons. The fourth-order valence-electron chi connectivity index (χ4n) is 1.09. The number of aliphatic hydroxyl groups excluding tert-OH is 2. The van der Waals surface area contributed by atoms with Gasteiger partial charge in [-0.3, -0.25) is 0 Å². The number of rotatable bonds is 1. The molecule has 0 aromatic heterocycles. The number of nitrogens with two attached hydrogens (primary N) is 1. The maximum Gasteiger partial charge on any atom is 1.00 e. The van der Waals surface area contributed by atoms with E-state index in [1.807, 2.05) is 0 Å². The number of aliphatic carboxylic acids is 1. The Morgan fingerprint density at radius 3 is 2.29 bits per heavy atom. The van der Waals surface area contributed by atoms with Crippen molar-refractivity contribution in [3.8, 4) is 0 Å². The van der Waals surface area contributed by atoms with E-state index in [0.717, 1.165) is 0 Å². The molecular formula is C6H10AuNO5S. The molecule has 5 unspecified atom stereocenters. The van der Waals surface area contributed by atoms with Gasteiger partial charge in [0.1, 0.15) is 6.10 Å². The molecule has 0 aliphatic carbocycles. The second-order valence-electron chi connectivity index (χ2n) is 2.82. The van der Waals surface area contributed by atoms with Gasteiger partial charge in [0.15, 0.2) is 6.10 Å². The Morgan fingerprint density at radius 2 is 1.86 bits per heavy atom. The minimum absolute atomic E-state index is 0. The maximum absolute atomic E-state index is 10.5. The van der Waals surface area contributed by atoms with Gasteiger partial charge >= 0.3 is 28.3 Å². The Hall–Kier alpha value is 0.400. The average Bonchev–Trinajstić information content (AvgIpc) is 2.07. The van der Waals surface area contributed by atoms with Crippen LogP contribution in [0.25, 0.3) is 0 Å². The van der Waals surface area contributed by atoms with E-state index in [9.17, 15) is 15.0 Å². The largest absolute Gasteiger partial charge is 1.00 e. The fourth-order valence-corrected chi connectivity index (χ4v) is 1.37. The van der Waals surface area contributed by atoms with Gasteiger partial charge < -0.3 is 38.4 Å². The molecule has 0 saturated carbocycles. The molecular weight excluding hydrogens is 395 g/mol. The van der Waals surface area contributed by atoms with Crippen molar-refractivity contribution in [2.75, 3.05) is 0 Å². The molecule has 5 atom stereocenters. The topological polar surface area (TPSA) is 113 Å². The summed E-state index contributed by atoms with van der Waals surface area (Å²) in [6, 6.07) is -0.944. The second kappa shape index (κ2) is 5.47. The van der Waals surface area contributed by atoms with Crippen LogP contribution in [0, 0.1) is 0 Å². The number of aliphatic hydroxyl groups is 2. The summed E-state index contributed by atoms with van der Waals surface area (Å²) >= 11 is 4.66. The molecule has 1 aliphatic heterocycles. The van der Waals surface area contributed by atoms with Gasteiger partial charge in [0.25, 0.3) is 0 Å². The molecule has 0 spiro atoms. The third-order valence-corrected chi connectivity index (χ3v) is 2.32. The molecule has 1 saturated heterocycles. The van der Waals surface area contributed by atoms with Crippen molar-refractivity contribution in [3.05, 3.63) is 0 Å². The van der Waals surface area contributed by atoms with Gasteiger partial charge in [-0.1, -0.05) is 0 Å². The van der Waals surface area contributed by atoms with E-state index in [1.165, 1.54) is 0 Å². The van der Waals surface area contributed by atoms with Crippen LogP contribution in [-0.2, 0) is 44.5 Å². The zero-order valence-corrected chi connectivity index (χ0v) is 9.81. The van der Waals surface area contributed by atoms with Crippen LogP contribution in [0.1, 0.15) is 0 Å². The predicted molar refractivity (Wildman–Crippen MR) is 43.7 cm³/mol. The summed E-state index contributed by atoms with van der Waals surface area (Å²) in [5, 5.41) is 27.0. The second-order valence-corrected chi connectivity index (χ2v) is 3.29. The van der Waals surface area contributed by atoms with Gasteiger partial charge in [-0.2, -0.15) is 0 Å². The Morgan fingerprint density at radius 1 is 1.36 bits per heavy atom. The fraction of sp³-hybridized carbons (Fsp3) is 0.833. The van der Waals surface area contributed by atoms with Crippen LogP contribution < -0.4 is 5.73 Å². The van der Waals surface area contributed by atoms with Gasteiger partial charge in [0, 0.05) is 6.04 Å². The molecule has 1 fully saturated rings. The molecule has 0 aromatic rings. The summed E-state index contributed by atoms with van der Waals surface area (Å²) in [4.78, 5) is 10.5. The number of hydrogen-bond donors (Lipinski definition) is 4. The van der Waals surface area contributed by atoms with Crippen LogP contribution in [-0.4, -0.2) is 51.1 Å². The molecule has 1 aliphatic rings. The van der Waals surface area contributed by atoms with E-state index in [1.54, 1.807) is 0 Å². The first kappa shape index (κ1) is 14.4. The molecule has 0 radical (unpaired) electrons. The van der Waals surface area contributed by atoms with Crippen LogP contribution in [0.5, 0.6) is 0 Å². The summed E-state index contributed by atoms with van der Waals surface area (Å²) in [6.07, 6.45) is -4.40. The van der Waals surface area contributed by atoms with Crippen molar-refractivity contribution >= 4 is 18.6 Å². The molecule has 1 rings (SSSR count). The van der Waals surface area contributed by atoms with Crippen LogP contribution in [0.2, 0.25) is 0 Å². The molecule has 8 heteroatoms. The third kappa shape index (κ3) is 2.71. The van der Waals surface area contributed by atoms with Crippen molar-refractivity contribution in [2.45, 2.75) is 29.8 Å². The molecule has 14 heavy (non-hydrogen) atoms. The molecule has 5 N–H and O–H groups in total. The van der Waals surface area contributed by atoms with E-state index >= 15 is 0 Å². The molecule has 6 nitrogen and oxygen atoms in total. The minimum atomic E-state index is -1.54. The standard InChI is InChI=1S/C6H11NO5S.Au/c7-1-2(8)3(9)4(5(10)11)12-6(1)13;/h1-4,6,8-9,13H,7H2,(H,10,11);/q;+1/p-1. The van der Waals surface area contributed by atoms with Gasteiger partial charge in [0.05, 0.1) is 6.10 Å². The number of carboxylic acids is 1. The van der Waals surface area contributed by atoms with Gasteiger partial charge in [-0.25, -0.2) is 4.79 Å². The summed E-state index contributed by atoms with van der Waals surface area (Å²) < 4.78 is 4.72. The minimum Gasteiger partial charge on any atom is -0.760 e. The van der Waals surface area contributed by atoms with Crippen molar-refractivity contribution < 1.29 is 47.2 Å². The SMILES string of the molecule is NC1C([S-])OC(C(=O)O)C(O)C1O.[Au+]. The van der Waals surface area contributed by atoms with Crippen molar-refractivity contribution in [1.29, 1.82) is 0 Å². The average molecular weight is 405 g/mol. The molecule has 1 heterocycles. The number of carboxylic acid groups (broad SMARTS) is 1. The first-order valence-corrected chi connectivity index (χ1v) is 4.08. The van der Waals surface area contributed by atoms with Crippen molar-refractivity contribution in [1.82, 2.24) is 0 Å². The quantitative estimate of drug-likeness (QED) is 0.279. The number of ether oxygens (including phenoxy) is 1. The van der Waals surface area contributed by atoms with Crippen LogP contribution in [0.3, 0.4) is 0 Å². The van der Waals surface area contributed by atoms with Gasteiger partial charge in [0.2, 0.25) is 0 Å². The van der Waals surface area contributed by atoms with E-state index < -0.39 is 35.8 Å². The third-order valence-electron chi connectivity index (χ3n) is 1.89. The summed E-state index contributed by atoms with van der Waals surface area (Å²) in [5.74, 6) is -1.37. The molecule has 0 aromatic carbocycles. The maximum atomic E-state index is 10.5. The first-order chi connectivity index (χ1) is 5.95. The zero-order valence-electron chi connectivity index (χ0n) is 6.83. The van der Waals surface area contributed by atoms with Crippen LogP contribution >= 0.6 is 0 Å². The number of carbonyl (C=O) groups is 1. The Balaban J connectivity index is 0.00000169. The molecule has 0 amide bonds. The first-order valence-electron chi connectivity index (χ1n) is 3.61. The monoisotopic (exact) mass is 405 g/mol. The van der Waals surface area contributed by atoms with Gasteiger partial charge in [-0.15, -0.1) is 0 Å². The van der Waals surface area contributed by atoms with E-state index in [-0.39, 0.29) is 22.4 Å². The summed E-state index contributed by atoms with van der Waals surface area (Å²) in [5.41, 5.74) is 4.34. The van der Waals surface area contributed by atoms with Crippen LogP contribution in [0.15, 0.2) is 0 Å². The van der Waals surface area contributed by atoms with Gasteiger partial charge in [-0.05, 0) is 5.44 Å². The van der Waals surface area contributed by atoms with Crippen LogP contribution in [0.4, 0.5) is 0 Å². The predicted octanol–water partition coefficient (Wildman–Crippen LogP) is -2.61. The number of hydrogen-bond acceptors (Lipinski definition) is 6. The smallest absolute Gasteiger partial charge is 0.760 e. The Kier molecular flexibility index (Phi) is 5.63. The van der Waals surface area contributed by atoms with E-state index in [4.69, 9.17) is 15.6 Å². The normalized spacial score (nSPS) is 42.7. The molecule has 0 bridgehead atoms.